The first-order valence-electron chi connectivity index (χ1n) is 14.0. The minimum Gasteiger partial charge on any atom is -0.457 e. The number of aliphatic hydroxyl groups is 1. The minimum absolute atomic E-state index is 0.225. The first kappa shape index (κ1) is 32.2. The van der Waals surface area contributed by atoms with E-state index in [-0.39, 0.29) is 17.7 Å². The van der Waals surface area contributed by atoms with Gasteiger partial charge in [0.1, 0.15) is 11.5 Å². The number of para-hydroxylation sites is 1. The first-order valence-corrected chi connectivity index (χ1v) is 15.4. The van der Waals surface area contributed by atoms with Crippen LogP contribution in [0, 0.1) is 0 Å². The van der Waals surface area contributed by atoms with Crippen LogP contribution in [0.4, 0.5) is 10.5 Å². The molecule has 44 heavy (non-hydrogen) atoms. The van der Waals surface area contributed by atoms with Gasteiger partial charge in [0.15, 0.2) is 0 Å². The fourth-order valence-electron chi connectivity index (χ4n) is 5.18. The third kappa shape index (κ3) is 8.22. The fourth-order valence-corrected chi connectivity index (χ4v) is 6.97. The van der Waals surface area contributed by atoms with Gasteiger partial charge in [0.25, 0.3) is 0 Å². The van der Waals surface area contributed by atoms with Crippen LogP contribution in [0.3, 0.4) is 0 Å². The van der Waals surface area contributed by atoms with Gasteiger partial charge in [0.2, 0.25) is 16.4 Å². The van der Waals surface area contributed by atoms with Gasteiger partial charge in [-0.3, -0.25) is 10.1 Å². The Morgan fingerprint density at radius 2 is 1.45 bits per heavy atom. The highest BCUT2D eigenvalue weighted by atomic mass is 32.2. The van der Waals surface area contributed by atoms with Gasteiger partial charge < -0.3 is 20.5 Å². The number of carbonyl (C=O) groups excluding carboxylic acids is 2. The summed E-state index contributed by atoms with van der Waals surface area (Å²) in [5, 5.41) is 12.8. The molecule has 1 aliphatic heterocycles. The first-order chi connectivity index (χ1) is 21.1. The van der Waals surface area contributed by atoms with Crippen molar-refractivity contribution in [2.75, 3.05) is 24.5 Å². The SMILES string of the molecule is C[C@]1(CC(O)c2ccccc2)CN(c2ccc(Oc3ccccc3)cc2)CCN1S(=O)(=O)c1ccccc1.NC(=O)NC=O. The average Bonchev–Trinajstić information content (AvgIpc) is 3.02. The van der Waals surface area contributed by atoms with E-state index in [1.807, 2.05) is 91.9 Å². The molecule has 1 unspecified atom stereocenters. The quantitative estimate of drug-likeness (QED) is 0.232. The zero-order chi connectivity index (χ0) is 31.6. The van der Waals surface area contributed by atoms with E-state index >= 15 is 0 Å². The summed E-state index contributed by atoms with van der Waals surface area (Å²) >= 11 is 0. The van der Waals surface area contributed by atoms with E-state index in [9.17, 15) is 23.1 Å². The average molecular weight is 617 g/mol. The number of sulfonamides is 1. The number of carbonyl (C=O) groups is 2. The van der Waals surface area contributed by atoms with E-state index in [2.05, 4.69) is 10.6 Å². The third-order valence-electron chi connectivity index (χ3n) is 7.24. The minimum atomic E-state index is -3.77. The van der Waals surface area contributed by atoms with Gasteiger partial charge in [0.05, 0.1) is 16.5 Å². The number of aliphatic hydroxyl groups excluding tert-OH is 1. The van der Waals surface area contributed by atoms with Gasteiger partial charge in [-0.05, 0) is 67.4 Å². The number of primary amides is 1. The maximum absolute atomic E-state index is 13.8. The highest BCUT2D eigenvalue weighted by molar-refractivity contribution is 7.89. The topological polar surface area (TPSA) is 142 Å². The molecule has 0 spiro atoms. The maximum atomic E-state index is 13.8. The lowest BCUT2D eigenvalue weighted by molar-refractivity contribution is -0.108. The van der Waals surface area contributed by atoms with Crippen LogP contribution in [0.2, 0.25) is 0 Å². The molecule has 1 fully saturated rings. The Morgan fingerprint density at radius 3 is 2.00 bits per heavy atom. The summed E-state index contributed by atoms with van der Waals surface area (Å²) in [6.45, 7) is 3.19. The zero-order valence-electron chi connectivity index (χ0n) is 24.3. The Hall–Kier alpha value is -4.71. The lowest BCUT2D eigenvalue weighted by atomic mass is 9.88. The molecule has 4 N–H and O–H groups in total. The van der Waals surface area contributed by atoms with E-state index < -0.39 is 27.7 Å². The second-order valence-electron chi connectivity index (χ2n) is 10.5. The van der Waals surface area contributed by atoms with Crippen molar-refractivity contribution in [3.8, 4) is 11.5 Å². The predicted molar refractivity (Wildman–Crippen MR) is 169 cm³/mol. The number of nitrogens with one attached hydrogen (secondary N) is 1. The largest absolute Gasteiger partial charge is 0.457 e. The molecule has 0 bridgehead atoms. The predicted octanol–water partition coefficient (Wildman–Crippen LogP) is 4.68. The Kier molecular flexibility index (Phi) is 10.7. The number of anilines is 1. The number of hydrogen-bond donors (Lipinski definition) is 3. The molecule has 0 aliphatic carbocycles. The van der Waals surface area contributed by atoms with Crippen LogP contribution in [0.15, 0.2) is 120 Å². The number of nitrogens with zero attached hydrogens (tertiary/aromatic N) is 2. The molecule has 0 aromatic heterocycles. The molecule has 5 rings (SSSR count). The fraction of sp³-hybridized carbons (Fsp3) is 0.212. The summed E-state index contributed by atoms with van der Waals surface area (Å²) in [6, 6.07) is 34.5. The molecule has 3 amide bonds. The van der Waals surface area contributed by atoms with Crippen LogP contribution in [-0.4, -0.2) is 55.4 Å². The van der Waals surface area contributed by atoms with E-state index in [0.29, 0.717) is 19.6 Å². The van der Waals surface area contributed by atoms with Crippen LogP contribution in [-0.2, 0) is 14.8 Å². The van der Waals surface area contributed by atoms with Gasteiger partial charge >= 0.3 is 6.03 Å². The van der Waals surface area contributed by atoms with E-state index in [1.54, 1.807) is 40.0 Å². The van der Waals surface area contributed by atoms with Crippen molar-refractivity contribution < 1.29 is 27.9 Å². The van der Waals surface area contributed by atoms with Crippen molar-refractivity contribution >= 4 is 28.2 Å². The molecule has 1 aliphatic rings. The van der Waals surface area contributed by atoms with Crippen LogP contribution >= 0.6 is 0 Å². The van der Waals surface area contributed by atoms with Gasteiger partial charge in [-0.15, -0.1) is 0 Å². The number of nitrogens with two attached hydrogens (primary N) is 1. The van der Waals surface area contributed by atoms with Crippen molar-refractivity contribution in [2.24, 2.45) is 5.73 Å². The molecular formula is C33H36N4O6S. The number of ether oxygens (including phenoxy) is 1. The lowest BCUT2D eigenvalue weighted by Crippen LogP contribution is -2.63. The molecule has 10 nitrogen and oxygen atoms in total. The zero-order valence-corrected chi connectivity index (χ0v) is 25.1. The molecular weight excluding hydrogens is 580 g/mol. The van der Waals surface area contributed by atoms with Crippen LogP contribution in [0.1, 0.15) is 25.0 Å². The highest BCUT2D eigenvalue weighted by Gasteiger charge is 2.46. The summed E-state index contributed by atoms with van der Waals surface area (Å²) < 4.78 is 35.1. The van der Waals surface area contributed by atoms with Crippen molar-refractivity contribution in [3.63, 3.8) is 0 Å². The summed E-state index contributed by atoms with van der Waals surface area (Å²) in [7, 11) is -3.77. The molecule has 230 valence electrons. The summed E-state index contributed by atoms with van der Waals surface area (Å²) in [4.78, 5) is 21.1. The summed E-state index contributed by atoms with van der Waals surface area (Å²) in [6.07, 6.45) is -0.326. The highest BCUT2D eigenvalue weighted by Crippen LogP contribution is 2.37. The molecule has 2 atom stereocenters. The molecule has 1 saturated heterocycles. The number of piperazine rings is 1. The van der Waals surface area contributed by atoms with Gasteiger partial charge in [-0.2, -0.15) is 4.31 Å². The van der Waals surface area contributed by atoms with E-state index in [1.165, 1.54) is 0 Å². The van der Waals surface area contributed by atoms with E-state index in [0.717, 1.165) is 22.7 Å². The van der Waals surface area contributed by atoms with Crippen LogP contribution < -0.4 is 20.7 Å². The van der Waals surface area contributed by atoms with Crippen molar-refractivity contribution in [2.45, 2.75) is 29.9 Å². The summed E-state index contributed by atoms with van der Waals surface area (Å²) in [5.41, 5.74) is 5.31. The molecule has 1 heterocycles. The van der Waals surface area contributed by atoms with Gasteiger partial charge in [0, 0.05) is 25.3 Å². The molecule has 0 radical (unpaired) electrons. The van der Waals surface area contributed by atoms with Crippen LogP contribution in [0.25, 0.3) is 0 Å². The number of amides is 3. The number of rotatable bonds is 9. The van der Waals surface area contributed by atoms with Crippen molar-refractivity contribution in [3.05, 3.63) is 121 Å². The maximum Gasteiger partial charge on any atom is 0.318 e. The third-order valence-corrected chi connectivity index (χ3v) is 9.31. The summed E-state index contributed by atoms with van der Waals surface area (Å²) in [5.74, 6) is 1.50. The number of imide groups is 1. The number of urea groups is 1. The van der Waals surface area contributed by atoms with Gasteiger partial charge in [-0.25, -0.2) is 13.2 Å². The normalized spacial score (nSPS) is 17.5. The standard InChI is InChI=1S/C31H32N2O4S.C2H4N2O2/c1-31(23-30(34)25-11-5-2-6-12-25)24-32(21-22-33(31)38(35,36)29-15-9-4-10-16-29)26-17-19-28(20-18-26)37-27-13-7-3-8-14-27;3-2(6)4-1-5/h2-20,30,34H,21-24H2,1H3;1H,(H3,3,4,5,6)/t30?,31-;/m0./s1. The lowest BCUT2D eigenvalue weighted by Gasteiger charge is -2.49. The molecule has 0 saturated carbocycles. The smallest absolute Gasteiger partial charge is 0.318 e. The van der Waals surface area contributed by atoms with Crippen molar-refractivity contribution in [1.82, 2.24) is 9.62 Å². The monoisotopic (exact) mass is 616 g/mol. The van der Waals surface area contributed by atoms with Gasteiger partial charge in [-0.1, -0.05) is 66.7 Å². The van der Waals surface area contributed by atoms with E-state index in [4.69, 9.17) is 4.74 Å². The molecule has 4 aromatic carbocycles. The Morgan fingerprint density at radius 1 is 0.909 bits per heavy atom. The van der Waals surface area contributed by atoms with Crippen molar-refractivity contribution in [1.29, 1.82) is 0 Å². The molecule has 11 heteroatoms. The Bertz CT molecular complexity index is 1610. The second kappa shape index (κ2) is 14.6. The number of benzene rings is 4. The Labute approximate surface area is 257 Å². The number of hydrogen-bond acceptors (Lipinski definition) is 7. The Balaban J connectivity index is 0.000000670. The second-order valence-corrected chi connectivity index (χ2v) is 12.3. The van der Waals surface area contributed by atoms with Crippen LogP contribution in [0.5, 0.6) is 11.5 Å². The molecule has 4 aromatic rings.